The molecule has 32 heavy (non-hydrogen) atoms. The van der Waals surface area contributed by atoms with Crippen LogP contribution in [0.1, 0.15) is 45.1 Å². The average molecular weight is 444 g/mol. The number of hydrogen-bond acceptors (Lipinski definition) is 4. The van der Waals surface area contributed by atoms with E-state index in [0.29, 0.717) is 39.1 Å². The molecule has 2 aliphatic heterocycles. The summed E-state index contributed by atoms with van der Waals surface area (Å²) in [5.74, 6) is -0.790. The third-order valence-corrected chi connectivity index (χ3v) is 7.78. The van der Waals surface area contributed by atoms with Crippen molar-refractivity contribution >= 4 is 17.6 Å². The Morgan fingerprint density at radius 2 is 1.75 bits per heavy atom. The maximum atomic E-state index is 13.4. The highest BCUT2D eigenvalue weighted by atomic mass is 19.1. The van der Waals surface area contributed by atoms with Crippen molar-refractivity contribution in [2.45, 2.75) is 46.1 Å². The number of likely N-dealkylation sites (tertiary alicyclic amines) is 1. The lowest BCUT2D eigenvalue weighted by molar-refractivity contribution is -0.147. The molecule has 2 amide bonds. The minimum Gasteiger partial charge on any atom is -0.340 e. The van der Waals surface area contributed by atoms with Crippen molar-refractivity contribution in [1.29, 1.82) is 0 Å². The van der Waals surface area contributed by atoms with Gasteiger partial charge in [0.15, 0.2) is 0 Å². The maximum Gasteiger partial charge on any atom is 0.290 e. The summed E-state index contributed by atoms with van der Waals surface area (Å²) in [6.07, 6.45) is 3.19. The van der Waals surface area contributed by atoms with Crippen LogP contribution in [0.25, 0.3) is 0 Å². The number of carbonyl (C=O) groups excluding carboxylic acids is 3. The number of piperidine rings is 1. The predicted octanol–water partition coefficient (Wildman–Crippen LogP) is 2.71. The Morgan fingerprint density at radius 3 is 2.38 bits per heavy atom. The van der Waals surface area contributed by atoms with Gasteiger partial charge in [0.1, 0.15) is 5.82 Å². The molecule has 2 atom stereocenters. The van der Waals surface area contributed by atoms with Gasteiger partial charge in [-0.3, -0.25) is 19.3 Å². The van der Waals surface area contributed by atoms with E-state index < -0.39 is 0 Å². The van der Waals surface area contributed by atoms with E-state index in [1.165, 1.54) is 6.07 Å². The highest BCUT2D eigenvalue weighted by Gasteiger charge is 2.59. The standard InChI is InChI=1S/C25H34FN3O3/c1-3-18(2)22(30)24(32)28-9-7-25(8-10-28)16-21(25)23(31)29-13-11-27(12-14-29)17-19-5-4-6-20(26)15-19/h4-6,15,18,21H,3,7-14,16-17H2,1-2H3/t18-,21+/m0/s1. The summed E-state index contributed by atoms with van der Waals surface area (Å²) < 4.78 is 13.4. The summed E-state index contributed by atoms with van der Waals surface area (Å²) in [6, 6.07) is 6.69. The van der Waals surface area contributed by atoms with Gasteiger partial charge in [0.25, 0.3) is 5.91 Å². The van der Waals surface area contributed by atoms with E-state index >= 15 is 0 Å². The second kappa shape index (κ2) is 9.30. The molecule has 3 aliphatic rings. The van der Waals surface area contributed by atoms with Crippen LogP contribution in [-0.2, 0) is 20.9 Å². The van der Waals surface area contributed by atoms with E-state index in [1.807, 2.05) is 17.9 Å². The van der Waals surface area contributed by atoms with Gasteiger partial charge in [-0.25, -0.2) is 4.39 Å². The number of amides is 2. The van der Waals surface area contributed by atoms with Crippen LogP contribution >= 0.6 is 0 Å². The largest absolute Gasteiger partial charge is 0.340 e. The fourth-order valence-corrected chi connectivity index (χ4v) is 5.20. The van der Waals surface area contributed by atoms with Crippen molar-refractivity contribution in [3.05, 3.63) is 35.6 Å². The molecule has 0 unspecified atom stereocenters. The molecule has 6 nitrogen and oxygen atoms in total. The van der Waals surface area contributed by atoms with Gasteiger partial charge < -0.3 is 9.80 Å². The summed E-state index contributed by atoms with van der Waals surface area (Å²) in [5, 5.41) is 0. The molecule has 7 heteroatoms. The molecule has 2 heterocycles. The lowest BCUT2D eigenvalue weighted by atomic mass is 9.89. The van der Waals surface area contributed by atoms with E-state index in [2.05, 4.69) is 4.90 Å². The number of Topliss-reactive ketones (excluding diaryl/α,β-unsaturated/α-hetero) is 1. The van der Waals surface area contributed by atoms with Crippen molar-refractivity contribution in [2.75, 3.05) is 39.3 Å². The number of piperazine rings is 1. The Hall–Kier alpha value is -2.28. The summed E-state index contributed by atoms with van der Waals surface area (Å²) in [4.78, 5) is 43.7. The van der Waals surface area contributed by atoms with Gasteiger partial charge >= 0.3 is 0 Å². The first kappa shape index (κ1) is 22.9. The van der Waals surface area contributed by atoms with Crippen molar-refractivity contribution in [1.82, 2.24) is 14.7 Å². The van der Waals surface area contributed by atoms with Crippen molar-refractivity contribution in [3.8, 4) is 0 Å². The molecule has 174 valence electrons. The molecule has 1 aromatic carbocycles. The third-order valence-electron chi connectivity index (χ3n) is 7.78. The summed E-state index contributed by atoms with van der Waals surface area (Å²) in [5.41, 5.74) is 0.977. The Morgan fingerprint density at radius 1 is 1.06 bits per heavy atom. The zero-order chi connectivity index (χ0) is 22.9. The fraction of sp³-hybridized carbons (Fsp3) is 0.640. The SMILES string of the molecule is CC[C@H](C)C(=O)C(=O)N1CCC2(CC1)C[C@@H]2C(=O)N1CCN(Cc2cccc(F)c2)CC1. The first-order chi connectivity index (χ1) is 15.3. The average Bonchev–Trinajstić information content (AvgIpc) is 3.51. The van der Waals surface area contributed by atoms with Gasteiger partial charge in [-0.05, 0) is 48.8 Å². The number of hydrogen-bond donors (Lipinski definition) is 0. The predicted molar refractivity (Wildman–Crippen MR) is 119 cm³/mol. The van der Waals surface area contributed by atoms with Gasteiger partial charge in [0, 0.05) is 57.6 Å². The Labute approximate surface area is 189 Å². The van der Waals surface area contributed by atoms with Crippen LogP contribution in [0, 0.1) is 23.1 Å². The van der Waals surface area contributed by atoms with E-state index in [4.69, 9.17) is 0 Å². The van der Waals surface area contributed by atoms with Gasteiger partial charge in [-0.2, -0.15) is 0 Å². The highest BCUT2D eigenvalue weighted by molar-refractivity contribution is 6.36. The zero-order valence-corrected chi connectivity index (χ0v) is 19.2. The zero-order valence-electron chi connectivity index (χ0n) is 19.2. The first-order valence-electron chi connectivity index (χ1n) is 11.9. The number of halogens is 1. The summed E-state index contributed by atoms with van der Waals surface area (Å²) in [7, 11) is 0. The van der Waals surface area contributed by atoms with Crippen LogP contribution in [0.2, 0.25) is 0 Å². The summed E-state index contributed by atoms with van der Waals surface area (Å²) in [6.45, 7) is 8.57. The molecule has 2 saturated heterocycles. The topological polar surface area (TPSA) is 60.9 Å². The highest BCUT2D eigenvalue weighted by Crippen LogP contribution is 2.60. The van der Waals surface area contributed by atoms with Crippen LogP contribution < -0.4 is 0 Å². The Bertz CT molecular complexity index is 873. The van der Waals surface area contributed by atoms with Crippen LogP contribution in [0.4, 0.5) is 4.39 Å². The van der Waals surface area contributed by atoms with E-state index in [0.717, 1.165) is 37.9 Å². The number of carbonyl (C=O) groups is 3. The first-order valence-corrected chi connectivity index (χ1v) is 11.9. The van der Waals surface area contributed by atoms with E-state index in [9.17, 15) is 18.8 Å². The van der Waals surface area contributed by atoms with Gasteiger partial charge in [0.2, 0.25) is 11.7 Å². The maximum absolute atomic E-state index is 13.4. The Kier molecular flexibility index (Phi) is 6.65. The molecule has 1 aromatic rings. The van der Waals surface area contributed by atoms with Crippen LogP contribution in [0.5, 0.6) is 0 Å². The van der Waals surface area contributed by atoms with Crippen LogP contribution in [0.3, 0.4) is 0 Å². The lowest BCUT2D eigenvalue weighted by Crippen LogP contribution is -2.49. The lowest BCUT2D eigenvalue weighted by Gasteiger charge is -2.36. The van der Waals surface area contributed by atoms with Crippen LogP contribution in [0.15, 0.2) is 24.3 Å². The molecule has 0 bridgehead atoms. The molecule has 3 fully saturated rings. The minimum atomic E-state index is -0.354. The molecule has 4 rings (SSSR count). The second-order valence-electron chi connectivity index (χ2n) is 9.82. The van der Waals surface area contributed by atoms with E-state index in [1.54, 1.807) is 24.0 Å². The molecule has 1 spiro atoms. The smallest absolute Gasteiger partial charge is 0.290 e. The molecule has 0 aromatic heterocycles. The number of benzene rings is 1. The van der Waals surface area contributed by atoms with Gasteiger partial charge in [-0.1, -0.05) is 26.0 Å². The normalized spacial score (nSPS) is 23.8. The van der Waals surface area contributed by atoms with Gasteiger partial charge in [-0.15, -0.1) is 0 Å². The van der Waals surface area contributed by atoms with E-state index in [-0.39, 0.29) is 40.7 Å². The number of rotatable bonds is 6. The van der Waals surface area contributed by atoms with Crippen LogP contribution in [-0.4, -0.2) is 71.6 Å². The molecular weight excluding hydrogens is 409 g/mol. The van der Waals surface area contributed by atoms with Crippen molar-refractivity contribution < 1.29 is 18.8 Å². The fourth-order valence-electron chi connectivity index (χ4n) is 5.20. The third kappa shape index (κ3) is 4.72. The van der Waals surface area contributed by atoms with Gasteiger partial charge in [0.05, 0.1) is 0 Å². The monoisotopic (exact) mass is 443 g/mol. The molecule has 1 aliphatic carbocycles. The molecular formula is C25H34FN3O3. The van der Waals surface area contributed by atoms with Crippen molar-refractivity contribution in [3.63, 3.8) is 0 Å². The molecule has 0 N–H and O–H groups in total. The minimum absolute atomic E-state index is 0.0198. The summed E-state index contributed by atoms with van der Waals surface area (Å²) >= 11 is 0. The molecule has 1 saturated carbocycles. The number of nitrogens with zero attached hydrogens (tertiary/aromatic N) is 3. The molecule has 0 radical (unpaired) electrons. The quantitative estimate of drug-likeness (QED) is 0.635. The van der Waals surface area contributed by atoms with Crippen molar-refractivity contribution in [2.24, 2.45) is 17.3 Å². The second-order valence-corrected chi connectivity index (χ2v) is 9.82. The Balaban J connectivity index is 1.23. The number of ketones is 1.